The number of aromatic nitrogens is 1. The van der Waals surface area contributed by atoms with Crippen LogP contribution in [0.4, 0.5) is 0 Å². The molecule has 0 saturated heterocycles. The van der Waals surface area contributed by atoms with Gasteiger partial charge >= 0.3 is 0 Å². The van der Waals surface area contributed by atoms with E-state index in [4.69, 9.17) is 5.73 Å². The Morgan fingerprint density at radius 3 is 2.35 bits per heavy atom. The monoisotopic (exact) mass is 226 g/mol. The van der Waals surface area contributed by atoms with Gasteiger partial charge in [0.1, 0.15) is 0 Å². The first-order valence-electron chi connectivity index (χ1n) is 5.97. The fraction of sp³-hybridized carbons (Fsp3) is 0.267. The van der Waals surface area contributed by atoms with Gasteiger partial charge in [-0.05, 0) is 43.0 Å². The molecular weight excluding hydrogens is 208 g/mol. The molecule has 1 atom stereocenters. The molecule has 0 fully saturated rings. The van der Waals surface area contributed by atoms with Crippen LogP contribution in [0.2, 0.25) is 0 Å². The van der Waals surface area contributed by atoms with Crippen LogP contribution in [-0.2, 0) is 6.42 Å². The Morgan fingerprint density at radius 1 is 1.06 bits per heavy atom. The molecule has 17 heavy (non-hydrogen) atoms. The highest BCUT2D eigenvalue weighted by atomic mass is 14.6. The molecule has 2 aromatic rings. The zero-order valence-corrected chi connectivity index (χ0v) is 10.1. The van der Waals surface area contributed by atoms with Gasteiger partial charge < -0.3 is 5.73 Å². The molecule has 0 amide bonds. The van der Waals surface area contributed by atoms with E-state index in [1.165, 1.54) is 16.7 Å². The largest absolute Gasteiger partial charge is 0.324 e. The molecule has 88 valence electrons. The van der Waals surface area contributed by atoms with Crippen LogP contribution in [0.25, 0.3) is 0 Å². The Balaban J connectivity index is 1.93. The van der Waals surface area contributed by atoms with Crippen LogP contribution < -0.4 is 5.73 Å². The van der Waals surface area contributed by atoms with Gasteiger partial charge in [0.15, 0.2) is 0 Å². The van der Waals surface area contributed by atoms with E-state index in [1.54, 1.807) is 0 Å². The molecule has 1 unspecified atom stereocenters. The maximum absolute atomic E-state index is 6.18. The van der Waals surface area contributed by atoms with Crippen molar-refractivity contribution in [3.63, 3.8) is 0 Å². The van der Waals surface area contributed by atoms with Crippen molar-refractivity contribution in [2.24, 2.45) is 5.73 Å². The zero-order valence-electron chi connectivity index (χ0n) is 10.1. The van der Waals surface area contributed by atoms with E-state index >= 15 is 0 Å². The van der Waals surface area contributed by atoms with Crippen LogP contribution in [0.3, 0.4) is 0 Å². The molecule has 2 rings (SSSR count). The van der Waals surface area contributed by atoms with Crippen LogP contribution >= 0.6 is 0 Å². The Bertz CT molecular complexity index is 448. The number of pyridine rings is 1. The molecule has 2 N–H and O–H groups in total. The predicted octanol–water partition coefficient (Wildman–Crippen LogP) is 3.02. The molecule has 1 heterocycles. The molecule has 1 aromatic heterocycles. The zero-order chi connectivity index (χ0) is 12.1. The Labute approximate surface area is 103 Å². The lowest BCUT2D eigenvalue weighted by Gasteiger charge is -2.12. The van der Waals surface area contributed by atoms with E-state index in [2.05, 4.69) is 36.2 Å². The number of hydrogen-bond donors (Lipinski definition) is 1. The Kier molecular flexibility index (Phi) is 3.89. The summed E-state index contributed by atoms with van der Waals surface area (Å²) in [6.45, 7) is 2.09. The molecule has 0 aliphatic heterocycles. The van der Waals surface area contributed by atoms with Gasteiger partial charge in [0.25, 0.3) is 0 Å². The summed E-state index contributed by atoms with van der Waals surface area (Å²) in [5.41, 5.74) is 9.96. The first kappa shape index (κ1) is 11.8. The fourth-order valence-electron chi connectivity index (χ4n) is 1.85. The van der Waals surface area contributed by atoms with Crippen molar-refractivity contribution in [1.82, 2.24) is 4.98 Å². The van der Waals surface area contributed by atoms with Crippen molar-refractivity contribution in [3.8, 4) is 0 Å². The topological polar surface area (TPSA) is 38.9 Å². The number of nitrogens with zero attached hydrogens (tertiary/aromatic N) is 1. The van der Waals surface area contributed by atoms with Crippen molar-refractivity contribution in [2.75, 3.05) is 0 Å². The average molecular weight is 226 g/mol. The fourth-order valence-corrected chi connectivity index (χ4v) is 1.85. The van der Waals surface area contributed by atoms with Crippen molar-refractivity contribution in [1.29, 1.82) is 0 Å². The highest BCUT2D eigenvalue weighted by Crippen LogP contribution is 2.17. The van der Waals surface area contributed by atoms with E-state index < -0.39 is 0 Å². The van der Waals surface area contributed by atoms with E-state index in [0.717, 1.165) is 12.8 Å². The summed E-state index contributed by atoms with van der Waals surface area (Å²) >= 11 is 0. The van der Waals surface area contributed by atoms with E-state index in [9.17, 15) is 0 Å². The Morgan fingerprint density at radius 2 is 1.71 bits per heavy atom. The summed E-state index contributed by atoms with van der Waals surface area (Å²) in [4.78, 5) is 4.01. The van der Waals surface area contributed by atoms with Gasteiger partial charge in [-0.25, -0.2) is 0 Å². The molecule has 2 heteroatoms. The van der Waals surface area contributed by atoms with Crippen LogP contribution in [-0.4, -0.2) is 4.98 Å². The van der Waals surface area contributed by atoms with Gasteiger partial charge in [-0.1, -0.05) is 29.8 Å². The third kappa shape index (κ3) is 3.40. The van der Waals surface area contributed by atoms with Crippen LogP contribution in [0, 0.1) is 6.92 Å². The average Bonchev–Trinajstić information content (AvgIpc) is 2.38. The maximum Gasteiger partial charge on any atom is 0.0298 e. The van der Waals surface area contributed by atoms with Gasteiger partial charge in [-0.3, -0.25) is 4.98 Å². The second kappa shape index (κ2) is 5.60. The number of hydrogen-bond acceptors (Lipinski definition) is 2. The highest BCUT2D eigenvalue weighted by molar-refractivity contribution is 5.24. The minimum absolute atomic E-state index is 0.115. The predicted molar refractivity (Wildman–Crippen MR) is 70.7 cm³/mol. The minimum atomic E-state index is 0.115. The summed E-state index contributed by atoms with van der Waals surface area (Å²) in [5.74, 6) is 0. The molecule has 0 bridgehead atoms. The summed E-state index contributed by atoms with van der Waals surface area (Å²) in [6, 6.07) is 12.7. The first-order valence-corrected chi connectivity index (χ1v) is 5.97. The van der Waals surface area contributed by atoms with Gasteiger partial charge in [0, 0.05) is 18.4 Å². The lowest BCUT2D eigenvalue weighted by atomic mass is 9.99. The van der Waals surface area contributed by atoms with Crippen molar-refractivity contribution >= 4 is 0 Å². The van der Waals surface area contributed by atoms with Crippen molar-refractivity contribution < 1.29 is 0 Å². The van der Waals surface area contributed by atoms with Crippen molar-refractivity contribution in [2.45, 2.75) is 25.8 Å². The summed E-state index contributed by atoms with van der Waals surface area (Å²) in [5, 5.41) is 0. The molecule has 0 spiro atoms. The lowest BCUT2D eigenvalue weighted by Crippen LogP contribution is -2.11. The van der Waals surface area contributed by atoms with E-state index in [0.29, 0.717) is 0 Å². The third-order valence-corrected chi connectivity index (χ3v) is 3.00. The van der Waals surface area contributed by atoms with Crippen molar-refractivity contribution in [3.05, 3.63) is 65.5 Å². The molecule has 0 saturated carbocycles. The lowest BCUT2D eigenvalue weighted by molar-refractivity contribution is 0.651. The number of benzene rings is 1. The molecule has 0 aliphatic carbocycles. The number of nitrogens with two attached hydrogens (primary N) is 1. The van der Waals surface area contributed by atoms with Crippen LogP contribution in [0.1, 0.15) is 29.2 Å². The SMILES string of the molecule is Cc1ccc(C(N)CCc2ccncc2)cc1. The van der Waals surface area contributed by atoms with Gasteiger partial charge in [-0.2, -0.15) is 0 Å². The summed E-state index contributed by atoms with van der Waals surface area (Å²) in [7, 11) is 0. The molecular formula is C15H18N2. The molecule has 2 nitrogen and oxygen atoms in total. The normalized spacial score (nSPS) is 12.4. The van der Waals surface area contributed by atoms with Crippen LogP contribution in [0.15, 0.2) is 48.8 Å². The summed E-state index contributed by atoms with van der Waals surface area (Å²) < 4.78 is 0. The second-order valence-corrected chi connectivity index (χ2v) is 4.41. The molecule has 0 aliphatic rings. The first-order chi connectivity index (χ1) is 8.25. The van der Waals surface area contributed by atoms with Gasteiger partial charge in [0.05, 0.1) is 0 Å². The smallest absolute Gasteiger partial charge is 0.0298 e. The minimum Gasteiger partial charge on any atom is -0.324 e. The van der Waals surface area contributed by atoms with Crippen LogP contribution in [0.5, 0.6) is 0 Å². The quantitative estimate of drug-likeness (QED) is 0.870. The number of aryl methyl sites for hydroxylation is 2. The maximum atomic E-state index is 6.18. The standard InChI is InChI=1S/C15H18N2/c1-12-2-5-14(6-3-12)15(16)7-4-13-8-10-17-11-9-13/h2-3,5-6,8-11,15H,4,7,16H2,1H3. The van der Waals surface area contributed by atoms with E-state index in [-0.39, 0.29) is 6.04 Å². The summed E-state index contributed by atoms with van der Waals surface area (Å²) in [6.07, 6.45) is 5.62. The van der Waals surface area contributed by atoms with Gasteiger partial charge in [0.2, 0.25) is 0 Å². The molecule has 1 aromatic carbocycles. The highest BCUT2D eigenvalue weighted by Gasteiger charge is 2.05. The van der Waals surface area contributed by atoms with E-state index in [1.807, 2.05) is 24.5 Å². The number of rotatable bonds is 4. The van der Waals surface area contributed by atoms with Gasteiger partial charge in [-0.15, -0.1) is 0 Å². The molecule has 0 radical (unpaired) electrons. The second-order valence-electron chi connectivity index (χ2n) is 4.41. The Hall–Kier alpha value is -1.67. The third-order valence-electron chi connectivity index (χ3n) is 3.00.